The van der Waals surface area contributed by atoms with E-state index in [2.05, 4.69) is 20.4 Å². The number of hydrogen-bond donors (Lipinski definition) is 0. The standard InChI is InChI=1S/C27H27N3O2S2/c1-4-15-29-26(31)24(34-27(29)33)17-21-18-30(22-8-6-5-7-9-22)28-25(21)20-10-12-23(13-11-20)32-16-14-19(2)3/h4-13,17-19H,1,14-16H2,2-3H3. The normalized spacial score (nSPS) is 14.9. The van der Waals surface area contributed by atoms with Crippen LogP contribution in [-0.4, -0.2) is 38.1 Å². The van der Waals surface area contributed by atoms with E-state index in [1.807, 2.05) is 71.6 Å². The van der Waals surface area contributed by atoms with Crippen molar-refractivity contribution >= 4 is 40.3 Å². The van der Waals surface area contributed by atoms with Gasteiger partial charge >= 0.3 is 0 Å². The number of thiocarbonyl (C=S) groups is 1. The van der Waals surface area contributed by atoms with Crippen LogP contribution in [0.3, 0.4) is 0 Å². The molecule has 34 heavy (non-hydrogen) atoms. The molecule has 174 valence electrons. The summed E-state index contributed by atoms with van der Waals surface area (Å²) in [5, 5.41) is 4.86. The van der Waals surface area contributed by atoms with E-state index in [4.69, 9.17) is 22.1 Å². The third-order valence-corrected chi connectivity index (χ3v) is 6.70. The highest BCUT2D eigenvalue weighted by atomic mass is 32.2. The number of rotatable bonds is 9. The van der Waals surface area contributed by atoms with Crippen molar-refractivity contribution in [2.24, 2.45) is 5.92 Å². The van der Waals surface area contributed by atoms with E-state index in [0.29, 0.717) is 28.3 Å². The molecule has 0 saturated carbocycles. The molecule has 0 N–H and O–H groups in total. The number of nitrogens with zero attached hydrogens (tertiary/aromatic N) is 3. The number of para-hydroxylation sites is 1. The van der Waals surface area contributed by atoms with E-state index in [1.54, 1.807) is 11.0 Å². The van der Waals surface area contributed by atoms with Gasteiger partial charge in [-0.1, -0.05) is 62.1 Å². The first kappa shape index (κ1) is 24.0. The second-order valence-corrected chi connectivity index (χ2v) is 10.0. The Hall–Kier alpha value is -3.16. The molecule has 1 aromatic heterocycles. The van der Waals surface area contributed by atoms with Crippen LogP contribution in [0.5, 0.6) is 5.75 Å². The van der Waals surface area contributed by atoms with Gasteiger partial charge in [-0.3, -0.25) is 9.69 Å². The molecule has 3 aromatic rings. The Morgan fingerprint density at radius 2 is 1.88 bits per heavy atom. The molecule has 1 saturated heterocycles. The quantitative estimate of drug-likeness (QED) is 0.199. The van der Waals surface area contributed by atoms with Gasteiger partial charge < -0.3 is 4.74 Å². The lowest BCUT2D eigenvalue weighted by Crippen LogP contribution is -2.27. The molecule has 5 nitrogen and oxygen atoms in total. The molecule has 0 spiro atoms. The number of hydrogen-bond acceptors (Lipinski definition) is 5. The summed E-state index contributed by atoms with van der Waals surface area (Å²) in [4.78, 5) is 15.0. The Labute approximate surface area is 210 Å². The zero-order chi connectivity index (χ0) is 24.1. The Kier molecular flexibility index (Phi) is 7.65. The van der Waals surface area contributed by atoms with E-state index < -0.39 is 0 Å². The fourth-order valence-corrected chi connectivity index (χ4v) is 4.75. The average Bonchev–Trinajstić information content (AvgIpc) is 3.37. The third kappa shape index (κ3) is 5.48. The number of ether oxygens (including phenoxy) is 1. The maximum Gasteiger partial charge on any atom is 0.266 e. The van der Waals surface area contributed by atoms with Crippen LogP contribution in [0, 0.1) is 5.92 Å². The van der Waals surface area contributed by atoms with E-state index >= 15 is 0 Å². The van der Waals surface area contributed by atoms with Crippen LogP contribution in [0.2, 0.25) is 0 Å². The summed E-state index contributed by atoms with van der Waals surface area (Å²) < 4.78 is 8.24. The number of benzene rings is 2. The second kappa shape index (κ2) is 10.8. The summed E-state index contributed by atoms with van der Waals surface area (Å²) in [5.74, 6) is 1.32. The molecule has 0 unspecified atom stereocenters. The van der Waals surface area contributed by atoms with E-state index in [1.165, 1.54) is 11.8 Å². The second-order valence-electron chi connectivity index (χ2n) is 8.35. The number of carbonyl (C=O) groups is 1. The minimum Gasteiger partial charge on any atom is -0.494 e. The molecular formula is C27H27N3O2S2. The number of amides is 1. The smallest absolute Gasteiger partial charge is 0.266 e. The molecule has 0 radical (unpaired) electrons. The van der Waals surface area contributed by atoms with Gasteiger partial charge in [-0.05, 0) is 54.8 Å². The molecule has 1 fully saturated rings. The first-order chi connectivity index (χ1) is 16.5. The van der Waals surface area contributed by atoms with Crippen molar-refractivity contribution < 1.29 is 9.53 Å². The van der Waals surface area contributed by atoms with Crippen molar-refractivity contribution in [1.82, 2.24) is 14.7 Å². The topological polar surface area (TPSA) is 47.4 Å². The lowest BCUT2D eigenvalue weighted by Gasteiger charge is -2.10. The molecule has 0 aliphatic carbocycles. The summed E-state index contributed by atoms with van der Waals surface area (Å²) >= 11 is 6.70. The highest BCUT2D eigenvalue weighted by Crippen LogP contribution is 2.35. The van der Waals surface area contributed by atoms with Gasteiger partial charge in [0.1, 0.15) is 10.1 Å². The predicted molar refractivity (Wildman–Crippen MR) is 144 cm³/mol. The molecule has 7 heteroatoms. The Balaban J connectivity index is 1.68. The first-order valence-electron chi connectivity index (χ1n) is 11.2. The minimum atomic E-state index is -0.109. The summed E-state index contributed by atoms with van der Waals surface area (Å²) in [6.07, 6.45) is 6.50. The third-order valence-electron chi connectivity index (χ3n) is 5.33. The van der Waals surface area contributed by atoms with Crippen molar-refractivity contribution in [2.75, 3.05) is 13.2 Å². The summed E-state index contributed by atoms with van der Waals surface area (Å²) in [6, 6.07) is 17.8. The van der Waals surface area contributed by atoms with Crippen molar-refractivity contribution in [3.05, 3.63) is 83.9 Å². The molecule has 0 atom stereocenters. The van der Waals surface area contributed by atoms with E-state index in [-0.39, 0.29) is 5.91 Å². The maximum atomic E-state index is 12.9. The highest BCUT2D eigenvalue weighted by Gasteiger charge is 2.31. The van der Waals surface area contributed by atoms with Gasteiger partial charge in [0, 0.05) is 23.9 Å². The summed E-state index contributed by atoms with van der Waals surface area (Å²) in [7, 11) is 0. The highest BCUT2D eigenvalue weighted by molar-refractivity contribution is 8.26. The summed E-state index contributed by atoms with van der Waals surface area (Å²) in [5.41, 5.74) is 3.51. The monoisotopic (exact) mass is 489 g/mol. The SMILES string of the molecule is C=CCN1C(=O)C(=Cc2cn(-c3ccccc3)nc2-c2ccc(OCCC(C)C)cc2)SC1=S. The Bertz CT molecular complexity index is 1210. The Morgan fingerprint density at radius 1 is 1.15 bits per heavy atom. The van der Waals surface area contributed by atoms with Gasteiger partial charge in [0.05, 0.1) is 22.9 Å². The van der Waals surface area contributed by atoms with Crippen LogP contribution in [0.15, 0.2) is 78.4 Å². The summed E-state index contributed by atoms with van der Waals surface area (Å²) in [6.45, 7) is 9.18. The predicted octanol–water partition coefficient (Wildman–Crippen LogP) is 6.35. The van der Waals surface area contributed by atoms with Crippen molar-refractivity contribution in [1.29, 1.82) is 0 Å². The fourth-order valence-electron chi connectivity index (χ4n) is 3.48. The number of aromatic nitrogens is 2. The van der Waals surface area contributed by atoms with Crippen LogP contribution in [0.4, 0.5) is 0 Å². The van der Waals surface area contributed by atoms with Gasteiger partial charge in [0.2, 0.25) is 0 Å². The van der Waals surface area contributed by atoms with Crippen LogP contribution in [0.1, 0.15) is 25.8 Å². The molecule has 0 bridgehead atoms. The van der Waals surface area contributed by atoms with Gasteiger partial charge in [-0.25, -0.2) is 4.68 Å². The largest absolute Gasteiger partial charge is 0.494 e. The Morgan fingerprint density at radius 3 is 2.56 bits per heavy atom. The molecule has 4 rings (SSSR count). The molecule has 1 amide bonds. The minimum absolute atomic E-state index is 0.109. The lowest BCUT2D eigenvalue weighted by atomic mass is 10.1. The van der Waals surface area contributed by atoms with Gasteiger partial charge in [0.25, 0.3) is 5.91 Å². The van der Waals surface area contributed by atoms with Gasteiger partial charge in [0.15, 0.2) is 0 Å². The van der Waals surface area contributed by atoms with E-state index in [9.17, 15) is 4.79 Å². The molecule has 2 heterocycles. The van der Waals surface area contributed by atoms with E-state index in [0.717, 1.165) is 34.7 Å². The van der Waals surface area contributed by atoms with Crippen LogP contribution in [0.25, 0.3) is 23.0 Å². The van der Waals surface area contributed by atoms with Gasteiger partial charge in [-0.15, -0.1) is 6.58 Å². The number of carbonyl (C=O) groups excluding carboxylic acids is 1. The van der Waals surface area contributed by atoms with Crippen LogP contribution < -0.4 is 4.74 Å². The van der Waals surface area contributed by atoms with Crippen LogP contribution in [-0.2, 0) is 4.79 Å². The molecule has 1 aliphatic rings. The van der Waals surface area contributed by atoms with Gasteiger partial charge in [-0.2, -0.15) is 5.10 Å². The van der Waals surface area contributed by atoms with Crippen molar-refractivity contribution in [3.8, 4) is 22.7 Å². The maximum absolute atomic E-state index is 12.9. The fraction of sp³-hybridized carbons (Fsp3) is 0.222. The average molecular weight is 490 g/mol. The molecule has 1 aliphatic heterocycles. The lowest BCUT2D eigenvalue weighted by molar-refractivity contribution is -0.121. The first-order valence-corrected chi connectivity index (χ1v) is 12.4. The van der Waals surface area contributed by atoms with Crippen LogP contribution >= 0.6 is 24.0 Å². The number of thioether (sulfide) groups is 1. The molecular weight excluding hydrogens is 462 g/mol. The molecule has 2 aromatic carbocycles. The van der Waals surface area contributed by atoms with Crippen molar-refractivity contribution in [3.63, 3.8) is 0 Å². The zero-order valence-corrected chi connectivity index (χ0v) is 20.9. The zero-order valence-electron chi connectivity index (χ0n) is 19.3. The van der Waals surface area contributed by atoms with Crippen molar-refractivity contribution in [2.45, 2.75) is 20.3 Å².